The summed E-state index contributed by atoms with van der Waals surface area (Å²) >= 11 is 11.0. The number of carbonyl (C=O) groups is 1. The van der Waals surface area contributed by atoms with Gasteiger partial charge in [-0.1, -0.05) is 37.6 Å². The van der Waals surface area contributed by atoms with Crippen LogP contribution in [0.1, 0.15) is 25.8 Å². The number of amides is 1. The predicted molar refractivity (Wildman–Crippen MR) is 111 cm³/mol. The van der Waals surface area contributed by atoms with Crippen molar-refractivity contribution in [2.75, 3.05) is 11.9 Å². The lowest BCUT2D eigenvalue weighted by Gasteiger charge is -2.11. The second kappa shape index (κ2) is 10.1. The largest absolute Gasteiger partial charge is 0.494 e. The molecule has 2 aromatic rings. The number of nitrogens with one attached hydrogen (secondary N) is 2. The maximum Gasteiger partial charge on any atom is 0.230 e. The number of anilines is 1. The van der Waals surface area contributed by atoms with Crippen molar-refractivity contribution in [3.8, 4) is 5.75 Å². The van der Waals surface area contributed by atoms with E-state index < -0.39 is 0 Å². The normalized spacial score (nSPS) is 10.5. The number of hydrogen-bond acceptors (Lipinski definition) is 3. The standard InChI is InChI=1S/C20H23ClN2O2S/c1-14(2)11-12-25-18-9-7-17(8-10-18)22-20(26)23-19(24)13-15-3-5-16(21)6-4-15/h3-10,14H,11-13H2,1-2H3,(H2,22,23,24,26). The van der Waals surface area contributed by atoms with Crippen LogP contribution in [-0.4, -0.2) is 17.6 Å². The van der Waals surface area contributed by atoms with Gasteiger partial charge in [0.05, 0.1) is 13.0 Å². The third-order valence-electron chi connectivity index (χ3n) is 3.61. The molecule has 0 fully saturated rings. The minimum atomic E-state index is -0.182. The van der Waals surface area contributed by atoms with Gasteiger partial charge in [-0.25, -0.2) is 0 Å². The smallest absolute Gasteiger partial charge is 0.230 e. The first kappa shape index (κ1) is 20.2. The highest BCUT2D eigenvalue weighted by Gasteiger charge is 2.07. The summed E-state index contributed by atoms with van der Waals surface area (Å²) in [6, 6.07) is 14.6. The maximum atomic E-state index is 12.0. The van der Waals surface area contributed by atoms with Crippen LogP contribution in [-0.2, 0) is 11.2 Å². The number of rotatable bonds is 7. The van der Waals surface area contributed by atoms with Gasteiger partial charge in [0.1, 0.15) is 5.75 Å². The Morgan fingerprint density at radius 2 is 1.77 bits per heavy atom. The van der Waals surface area contributed by atoms with E-state index in [0.29, 0.717) is 17.5 Å². The molecule has 4 nitrogen and oxygen atoms in total. The maximum absolute atomic E-state index is 12.0. The molecule has 0 saturated heterocycles. The van der Waals surface area contributed by atoms with Gasteiger partial charge in [0.2, 0.25) is 5.91 Å². The Hall–Kier alpha value is -2.11. The Labute approximate surface area is 164 Å². The van der Waals surface area contributed by atoms with Gasteiger partial charge in [0.25, 0.3) is 0 Å². The Morgan fingerprint density at radius 3 is 2.38 bits per heavy atom. The van der Waals surface area contributed by atoms with Crippen LogP contribution in [0.15, 0.2) is 48.5 Å². The zero-order chi connectivity index (χ0) is 18.9. The van der Waals surface area contributed by atoms with E-state index in [1.165, 1.54) is 0 Å². The molecular weight excluding hydrogens is 368 g/mol. The molecule has 0 radical (unpaired) electrons. The van der Waals surface area contributed by atoms with E-state index in [1.54, 1.807) is 12.1 Å². The highest BCUT2D eigenvalue weighted by atomic mass is 35.5. The van der Waals surface area contributed by atoms with Crippen LogP contribution in [0.25, 0.3) is 0 Å². The van der Waals surface area contributed by atoms with E-state index >= 15 is 0 Å². The molecule has 2 aromatic carbocycles. The van der Waals surface area contributed by atoms with Gasteiger partial charge in [-0.05, 0) is 66.5 Å². The quantitative estimate of drug-likeness (QED) is 0.665. The molecule has 0 unspecified atom stereocenters. The summed E-state index contributed by atoms with van der Waals surface area (Å²) in [7, 11) is 0. The molecule has 0 atom stereocenters. The van der Waals surface area contributed by atoms with Crippen LogP contribution in [0.3, 0.4) is 0 Å². The molecule has 26 heavy (non-hydrogen) atoms. The molecule has 138 valence electrons. The molecule has 0 aliphatic heterocycles. The van der Waals surface area contributed by atoms with Crippen molar-refractivity contribution in [3.63, 3.8) is 0 Å². The molecular formula is C20H23ClN2O2S. The average molecular weight is 391 g/mol. The van der Waals surface area contributed by atoms with E-state index in [0.717, 1.165) is 23.4 Å². The Kier molecular flexibility index (Phi) is 7.88. The van der Waals surface area contributed by atoms with Gasteiger partial charge < -0.3 is 15.4 Å². The van der Waals surface area contributed by atoms with Crippen molar-refractivity contribution >= 4 is 40.5 Å². The third kappa shape index (κ3) is 7.42. The molecule has 0 spiro atoms. The number of carbonyl (C=O) groups excluding carboxylic acids is 1. The van der Waals surface area contributed by atoms with Crippen molar-refractivity contribution in [1.82, 2.24) is 5.32 Å². The summed E-state index contributed by atoms with van der Waals surface area (Å²) in [4.78, 5) is 12.0. The van der Waals surface area contributed by atoms with Gasteiger partial charge in [-0.15, -0.1) is 0 Å². The second-order valence-corrected chi connectivity index (χ2v) is 7.21. The van der Waals surface area contributed by atoms with Crippen molar-refractivity contribution in [2.24, 2.45) is 5.92 Å². The Bertz CT molecular complexity index is 730. The third-order valence-corrected chi connectivity index (χ3v) is 4.06. The second-order valence-electron chi connectivity index (χ2n) is 6.36. The highest BCUT2D eigenvalue weighted by molar-refractivity contribution is 7.80. The topological polar surface area (TPSA) is 50.4 Å². The summed E-state index contributed by atoms with van der Waals surface area (Å²) in [6.45, 7) is 5.03. The minimum Gasteiger partial charge on any atom is -0.494 e. The number of ether oxygens (including phenoxy) is 1. The predicted octanol–water partition coefficient (Wildman–Crippen LogP) is 4.82. The van der Waals surface area contributed by atoms with Crippen LogP contribution >= 0.6 is 23.8 Å². The fourth-order valence-electron chi connectivity index (χ4n) is 2.17. The van der Waals surface area contributed by atoms with Crippen LogP contribution in [0, 0.1) is 5.92 Å². The summed E-state index contributed by atoms with van der Waals surface area (Å²) in [5.74, 6) is 1.25. The van der Waals surface area contributed by atoms with Gasteiger partial charge in [-0.2, -0.15) is 0 Å². The highest BCUT2D eigenvalue weighted by Crippen LogP contribution is 2.16. The molecule has 1 amide bonds. The molecule has 0 heterocycles. The monoisotopic (exact) mass is 390 g/mol. The summed E-state index contributed by atoms with van der Waals surface area (Å²) in [5.41, 5.74) is 1.66. The zero-order valence-corrected chi connectivity index (χ0v) is 16.5. The molecule has 0 bridgehead atoms. The van der Waals surface area contributed by atoms with Crippen molar-refractivity contribution in [2.45, 2.75) is 26.7 Å². The van der Waals surface area contributed by atoms with E-state index in [9.17, 15) is 4.79 Å². The first-order valence-corrected chi connectivity index (χ1v) is 9.29. The lowest BCUT2D eigenvalue weighted by atomic mass is 10.1. The van der Waals surface area contributed by atoms with Gasteiger partial charge in [0.15, 0.2) is 5.11 Å². The molecule has 2 N–H and O–H groups in total. The van der Waals surface area contributed by atoms with E-state index in [-0.39, 0.29) is 17.4 Å². The SMILES string of the molecule is CC(C)CCOc1ccc(NC(=S)NC(=O)Cc2ccc(Cl)cc2)cc1. The molecule has 0 aliphatic rings. The lowest BCUT2D eigenvalue weighted by Crippen LogP contribution is -2.35. The summed E-state index contributed by atoms with van der Waals surface area (Å²) in [6.07, 6.45) is 1.26. The fourth-order valence-corrected chi connectivity index (χ4v) is 2.53. The Balaban J connectivity index is 1.77. The molecule has 0 aromatic heterocycles. The minimum absolute atomic E-state index is 0.182. The van der Waals surface area contributed by atoms with E-state index in [4.69, 9.17) is 28.6 Å². The van der Waals surface area contributed by atoms with E-state index in [1.807, 2.05) is 36.4 Å². The van der Waals surface area contributed by atoms with Gasteiger partial charge in [-0.3, -0.25) is 4.79 Å². The summed E-state index contributed by atoms with van der Waals surface area (Å²) < 4.78 is 5.68. The summed E-state index contributed by atoms with van der Waals surface area (Å²) in [5, 5.41) is 6.57. The lowest BCUT2D eigenvalue weighted by molar-refractivity contribution is -0.119. The van der Waals surface area contributed by atoms with Gasteiger partial charge in [0, 0.05) is 10.7 Å². The van der Waals surface area contributed by atoms with Crippen LogP contribution < -0.4 is 15.4 Å². The molecule has 2 rings (SSSR count). The van der Waals surface area contributed by atoms with Crippen LogP contribution in [0.5, 0.6) is 5.75 Å². The average Bonchev–Trinajstić information content (AvgIpc) is 2.58. The fraction of sp³-hybridized carbons (Fsp3) is 0.300. The first-order chi connectivity index (χ1) is 12.4. The van der Waals surface area contributed by atoms with Crippen molar-refractivity contribution in [3.05, 3.63) is 59.1 Å². The molecule has 0 saturated carbocycles. The number of thiocarbonyl (C=S) groups is 1. The number of hydrogen-bond donors (Lipinski definition) is 2. The van der Waals surface area contributed by atoms with Crippen molar-refractivity contribution < 1.29 is 9.53 Å². The van der Waals surface area contributed by atoms with Gasteiger partial charge >= 0.3 is 0 Å². The number of halogens is 1. The van der Waals surface area contributed by atoms with Crippen LogP contribution in [0.2, 0.25) is 5.02 Å². The van der Waals surface area contributed by atoms with Crippen molar-refractivity contribution in [1.29, 1.82) is 0 Å². The molecule has 0 aliphatic carbocycles. The Morgan fingerprint density at radius 1 is 1.12 bits per heavy atom. The zero-order valence-electron chi connectivity index (χ0n) is 14.9. The van der Waals surface area contributed by atoms with Crippen LogP contribution in [0.4, 0.5) is 5.69 Å². The van der Waals surface area contributed by atoms with E-state index in [2.05, 4.69) is 24.5 Å². The number of benzene rings is 2. The molecule has 6 heteroatoms. The first-order valence-electron chi connectivity index (χ1n) is 8.50.